The highest BCUT2D eigenvalue weighted by Gasteiger charge is 2.25. The lowest BCUT2D eigenvalue weighted by Gasteiger charge is -2.30. The topological polar surface area (TPSA) is 25.2 Å². The highest BCUT2D eigenvalue weighted by Crippen LogP contribution is 2.35. The van der Waals surface area contributed by atoms with E-state index in [2.05, 4.69) is 39.9 Å². The first kappa shape index (κ1) is 16.0. The van der Waals surface area contributed by atoms with Crippen molar-refractivity contribution in [2.75, 3.05) is 6.54 Å². The summed E-state index contributed by atoms with van der Waals surface area (Å²) in [5, 5.41) is 4.32. The lowest BCUT2D eigenvalue weighted by Crippen LogP contribution is -2.27. The molecule has 0 aliphatic rings. The lowest BCUT2D eigenvalue weighted by molar-refractivity contribution is 0.216. The second-order valence-electron chi connectivity index (χ2n) is 6.94. The van der Waals surface area contributed by atoms with E-state index >= 15 is 0 Å². The summed E-state index contributed by atoms with van der Waals surface area (Å²) in [6.07, 6.45) is 1.000. The largest absolute Gasteiger partial charge is 0.459 e. The highest BCUT2D eigenvalue weighted by atomic mass is 19.1. The molecule has 1 N–H and O–H groups in total. The number of furan rings is 1. The van der Waals surface area contributed by atoms with Crippen molar-refractivity contribution < 1.29 is 8.81 Å². The summed E-state index contributed by atoms with van der Waals surface area (Å²) in [7, 11) is 0. The molecule has 0 saturated carbocycles. The molecule has 1 aromatic heterocycles. The summed E-state index contributed by atoms with van der Waals surface area (Å²) in [6.45, 7) is 12.0. The van der Waals surface area contributed by atoms with Crippen molar-refractivity contribution in [3.63, 3.8) is 0 Å². The minimum absolute atomic E-state index is 0.166. The number of benzene rings is 1. The molecule has 2 unspecified atom stereocenters. The predicted molar refractivity (Wildman–Crippen MR) is 85.8 cm³/mol. The Labute approximate surface area is 126 Å². The molecule has 0 aliphatic heterocycles. The van der Waals surface area contributed by atoms with Gasteiger partial charge in [0.2, 0.25) is 0 Å². The summed E-state index contributed by atoms with van der Waals surface area (Å²) in [5.41, 5.74) is 1.00. The van der Waals surface area contributed by atoms with Gasteiger partial charge >= 0.3 is 0 Å². The number of hydrogen-bond acceptors (Lipinski definition) is 2. The van der Waals surface area contributed by atoms with Crippen molar-refractivity contribution in [1.29, 1.82) is 0 Å². The summed E-state index contributed by atoms with van der Waals surface area (Å²) in [5.74, 6) is 1.22. The van der Waals surface area contributed by atoms with Gasteiger partial charge in [0.15, 0.2) is 0 Å². The van der Waals surface area contributed by atoms with E-state index in [4.69, 9.17) is 4.42 Å². The molecule has 0 fully saturated rings. The number of nitrogens with one attached hydrogen (secondary N) is 1. The molecular formula is C18H26FNO. The maximum absolute atomic E-state index is 13.3. The van der Waals surface area contributed by atoms with Crippen LogP contribution in [0.3, 0.4) is 0 Å². The Balaban J connectivity index is 2.27. The molecule has 1 heterocycles. The van der Waals surface area contributed by atoms with E-state index in [1.165, 1.54) is 12.1 Å². The Bertz CT molecular complexity index is 597. The monoisotopic (exact) mass is 291 g/mol. The molecule has 21 heavy (non-hydrogen) atoms. The highest BCUT2D eigenvalue weighted by molar-refractivity contribution is 5.78. The van der Waals surface area contributed by atoms with Crippen LogP contribution >= 0.6 is 0 Å². The zero-order valence-corrected chi connectivity index (χ0v) is 13.7. The van der Waals surface area contributed by atoms with Crippen molar-refractivity contribution in [2.45, 2.75) is 47.1 Å². The number of fused-ring (bicyclic) bond motifs is 1. The first-order valence-electron chi connectivity index (χ1n) is 7.73. The second-order valence-corrected chi connectivity index (χ2v) is 6.94. The van der Waals surface area contributed by atoms with Gasteiger partial charge in [-0.3, -0.25) is 0 Å². The molecule has 2 atom stereocenters. The first-order valence-corrected chi connectivity index (χ1v) is 7.73. The summed E-state index contributed by atoms with van der Waals surface area (Å²) < 4.78 is 19.2. The van der Waals surface area contributed by atoms with E-state index < -0.39 is 0 Å². The predicted octanol–water partition coefficient (Wildman–Crippen LogP) is 5.29. The summed E-state index contributed by atoms with van der Waals surface area (Å²) in [4.78, 5) is 0. The first-order chi connectivity index (χ1) is 9.81. The zero-order chi connectivity index (χ0) is 15.6. The Morgan fingerprint density at radius 1 is 1.24 bits per heavy atom. The standard InChI is InChI=1S/C18H26FNO/c1-6-20-15(9-12(2)18(3,4)5)17-11-13-10-14(19)7-8-16(13)21-17/h7-8,10-12,15,20H,6,9H2,1-5H3. The molecule has 3 heteroatoms. The van der Waals surface area contributed by atoms with E-state index in [9.17, 15) is 4.39 Å². The average molecular weight is 291 g/mol. The molecule has 0 radical (unpaired) electrons. The lowest BCUT2D eigenvalue weighted by atomic mass is 9.78. The quantitative estimate of drug-likeness (QED) is 0.809. The Morgan fingerprint density at radius 3 is 2.57 bits per heavy atom. The maximum atomic E-state index is 13.3. The normalized spacial score (nSPS) is 15.3. The van der Waals surface area contributed by atoms with Crippen LogP contribution in [0, 0.1) is 17.2 Å². The third kappa shape index (κ3) is 3.85. The zero-order valence-electron chi connectivity index (χ0n) is 13.7. The van der Waals surface area contributed by atoms with Crippen molar-refractivity contribution in [2.24, 2.45) is 11.3 Å². The van der Waals surface area contributed by atoms with Crippen molar-refractivity contribution in [1.82, 2.24) is 5.32 Å². The van der Waals surface area contributed by atoms with Gasteiger partial charge in [0.1, 0.15) is 17.2 Å². The van der Waals surface area contributed by atoms with Crippen LogP contribution in [0.5, 0.6) is 0 Å². The van der Waals surface area contributed by atoms with Gasteiger partial charge in [-0.05, 0) is 48.6 Å². The fourth-order valence-corrected chi connectivity index (χ4v) is 2.46. The molecule has 1 aromatic carbocycles. The molecule has 0 amide bonds. The van der Waals surface area contributed by atoms with Crippen molar-refractivity contribution >= 4 is 11.0 Å². The molecular weight excluding hydrogens is 265 g/mol. The Kier molecular flexibility index (Phi) is 4.72. The Morgan fingerprint density at radius 2 is 1.95 bits per heavy atom. The van der Waals surface area contributed by atoms with Crippen LogP contribution in [0.25, 0.3) is 11.0 Å². The fourth-order valence-electron chi connectivity index (χ4n) is 2.46. The molecule has 2 nitrogen and oxygen atoms in total. The van der Waals surface area contributed by atoms with Crippen LogP contribution in [-0.2, 0) is 0 Å². The van der Waals surface area contributed by atoms with E-state index in [-0.39, 0.29) is 17.3 Å². The third-order valence-electron chi connectivity index (χ3n) is 4.36. The van der Waals surface area contributed by atoms with E-state index in [1.807, 2.05) is 6.07 Å². The SMILES string of the molecule is CCNC(CC(C)C(C)(C)C)c1cc2cc(F)ccc2o1. The number of halogens is 1. The average Bonchev–Trinajstić information content (AvgIpc) is 2.79. The molecule has 0 saturated heterocycles. The number of hydrogen-bond donors (Lipinski definition) is 1. The summed E-state index contributed by atoms with van der Waals surface area (Å²) >= 11 is 0. The van der Waals surface area contributed by atoms with Gasteiger partial charge in [-0.1, -0.05) is 34.6 Å². The molecule has 2 rings (SSSR count). The van der Waals surface area contributed by atoms with Gasteiger partial charge < -0.3 is 9.73 Å². The van der Waals surface area contributed by atoms with Crippen LogP contribution in [0.2, 0.25) is 0 Å². The van der Waals surface area contributed by atoms with Gasteiger partial charge in [0.05, 0.1) is 6.04 Å². The number of rotatable bonds is 5. The summed E-state index contributed by atoms with van der Waals surface area (Å²) in [6, 6.07) is 6.79. The van der Waals surface area contributed by atoms with Gasteiger partial charge in [0, 0.05) is 5.39 Å². The Hall–Kier alpha value is -1.35. The van der Waals surface area contributed by atoms with Gasteiger partial charge in [-0.15, -0.1) is 0 Å². The van der Waals surface area contributed by atoms with Crippen LogP contribution in [0.4, 0.5) is 4.39 Å². The maximum Gasteiger partial charge on any atom is 0.134 e. The fraction of sp³-hybridized carbons (Fsp3) is 0.556. The van der Waals surface area contributed by atoms with Crippen LogP contribution in [-0.4, -0.2) is 6.54 Å². The van der Waals surface area contributed by atoms with E-state index in [0.717, 1.165) is 29.7 Å². The molecule has 0 spiro atoms. The smallest absolute Gasteiger partial charge is 0.134 e. The van der Waals surface area contributed by atoms with Gasteiger partial charge in [0.25, 0.3) is 0 Å². The minimum Gasteiger partial charge on any atom is -0.459 e. The minimum atomic E-state index is -0.224. The molecule has 0 aliphatic carbocycles. The molecule has 116 valence electrons. The van der Waals surface area contributed by atoms with Crippen LogP contribution in [0.1, 0.15) is 52.8 Å². The van der Waals surface area contributed by atoms with Gasteiger partial charge in [-0.2, -0.15) is 0 Å². The molecule has 2 aromatic rings. The van der Waals surface area contributed by atoms with E-state index in [1.54, 1.807) is 6.07 Å². The van der Waals surface area contributed by atoms with Crippen LogP contribution < -0.4 is 5.32 Å². The van der Waals surface area contributed by atoms with Crippen LogP contribution in [0.15, 0.2) is 28.7 Å². The van der Waals surface area contributed by atoms with E-state index in [0.29, 0.717) is 5.92 Å². The van der Waals surface area contributed by atoms with Crippen molar-refractivity contribution in [3.05, 3.63) is 35.8 Å². The van der Waals surface area contributed by atoms with Gasteiger partial charge in [-0.25, -0.2) is 4.39 Å². The molecule has 0 bridgehead atoms. The third-order valence-corrected chi connectivity index (χ3v) is 4.36. The van der Waals surface area contributed by atoms with Crippen molar-refractivity contribution in [3.8, 4) is 0 Å². The second kappa shape index (κ2) is 6.18.